The maximum absolute atomic E-state index is 13.3. The van der Waals surface area contributed by atoms with E-state index in [1.807, 2.05) is 12.1 Å². The normalized spacial score (nSPS) is 19.8. The van der Waals surface area contributed by atoms with Crippen LogP contribution in [-0.2, 0) is 4.79 Å². The Hall–Kier alpha value is -3.81. The van der Waals surface area contributed by atoms with Crippen LogP contribution >= 0.6 is 0 Å². The zero-order valence-corrected chi connectivity index (χ0v) is 17.1. The Morgan fingerprint density at radius 3 is 2.87 bits per heavy atom. The highest BCUT2D eigenvalue weighted by Gasteiger charge is 2.44. The SMILES string of the molecule is CC1(C)CC(=O)C2=C(C1)Oc1ncn3nc(-c4ccco4)nc3c1[C@@H]2c1cccnc1. The lowest BCUT2D eigenvalue weighted by atomic mass is 9.70. The molecule has 0 N–H and O–H groups in total. The smallest absolute Gasteiger partial charge is 0.228 e. The molecule has 0 amide bonds. The minimum Gasteiger partial charge on any atom is -0.461 e. The molecule has 5 heterocycles. The van der Waals surface area contributed by atoms with E-state index in [0.29, 0.717) is 52.8 Å². The van der Waals surface area contributed by atoms with Gasteiger partial charge in [-0.25, -0.2) is 14.5 Å². The molecule has 0 spiro atoms. The maximum atomic E-state index is 13.3. The fourth-order valence-electron chi connectivity index (χ4n) is 4.54. The minimum atomic E-state index is -0.374. The molecule has 0 aromatic carbocycles. The fourth-order valence-corrected chi connectivity index (χ4v) is 4.54. The van der Waals surface area contributed by atoms with Crippen LogP contribution < -0.4 is 4.74 Å². The lowest BCUT2D eigenvalue weighted by Gasteiger charge is -2.37. The molecule has 2 aliphatic rings. The number of ether oxygens (including phenoxy) is 1. The first-order chi connectivity index (χ1) is 15.0. The molecule has 1 aliphatic carbocycles. The van der Waals surface area contributed by atoms with Gasteiger partial charge in [0, 0.05) is 30.8 Å². The summed E-state index contributed by atoms with van der Waals surface area (Å²) in [6, 6.07) is 7.43. The molecule has 1 atom stereocenters. The van der Waals surface area contributed by atoms with Crippen LogP contribution in [0.1, 0.15) is 43.7 Å². The molecular formula is C23H19N5O3. The molecule has 154 valence electrons. The van der Waals surface area contributed by atoms with Gasteiger partial charge >= 0.3 is 0 Å². The van der Waals surface area contributed by atoms with Crippen LogP contribution in [0.15, 0.2) is 65.0 Å². The Labute approximate surface area is 177 Å². The number of carbonyl (C=O) groups excluding carboxylic acids is 1. The van der Waals surface area contributed by atoms with E-state index in [4.69, 9.17) is 14.1 Å². The van der Waals surface area contributed by atoms with Crippen LogP contribution in [0.25, 0.3) is 17.2 Å². The quantitative estimate of drug-likeness (QED) is 0.491. The lowest BCUT2D eigenvalue weighted by Crippen LogP contribution is -2.33. The average Bonchev–Trinajstić information content (AvgIpc) is 3.41. The van der Waals surface area contributed by atoms with Gasteiger partial charge < -0.3 is 9.15 Å². The van der Waals surface area contributed by atoms with Crippen molar-refractivity contribution in [3.63, 3.8) is 0 Å². The number of rotatable bonds is 2. The molecular weight excluding hydrogens is 394 g/mol. The van der Waals surface area contributed by atoms with E-state index in [1.54, 1.807) is 41.6 Å². The van der Waals surface area contributed by atoms with E-state index in [1.165, 1.54) is 0 Å². The zero-order chi connectivity index (χ0) is 21.2. The third-order valence-electron chi connectivity index (χ3n) is 5.82. The summed E-state index contributed by atoms with van der Waals surface area (Å²) < 4.78 is 13.3. The summed E-state index contributed by atoms with van der Waals surface area (Å²) in [7, 11) is 0. The molecule has 0 radical (unpaired) electrons. The first-order valence-corrected chi connectivity index (χ1v) is 10.1. The number of carbonyl (C=O) groups is 1. The molecule has 0 saturated heterocycles. The van der Waals surface area contributed by atoms with Gasteiger partial charge in [0.05, 0.1) is 17.7 Å². The van der Waals surface area contributed by atoms with Gasteiger partial charge in [0.1, 0.15) is 12.1 Å². The third-order valence-corrected chi connectivity index (χ3v) is 5.82. The highest BCUT2D eigenvalue weighted by Crippen LogP contribution is 2.50. The number of pyridine rings is 1. The van der Waals surface area contributed by atoms with Crippen LogP contribution in [0.3, 0.4) is 0 Å². The second-order valence-electron chi connectivity index (χ2n) is 8.74. The summed E-state index contributed by atoms with van der Waals surface area (Å²) >= 11 is 0. The van der Waals surface area contributed by atoms with Crippen LogP contribution in [0.4, 0.5) is 0 Å². The van der Waals surface area contributed by atoms with Crippen molar-refractivity contribution >= 4 is 11.4 Å². The summed E-state index contributed by atoms with van der Waals surface area (Å²) in [6.07, 6.45) is 7.79. The molecule has 0 unspecified atom stereocenters. The zero-order valence-electron chi connectivity index (χ0n) is 17.1. The van der Waals surface area contributed by atoms with Gasteiger partial charge in [0.15, 0.2) is 17.2 Å². The number of nitrogens with zero attached hydrogens (tertiary/aromatic N) is 5. The predicted octanol–water partition coefficient (Wildman–Crippen LogP) is 3.95. The van der Waals surface area contributed by atoms with E-state index >= 15 is 0 Å². The number of ketones is 1. The molecule has 4 aromatic heterocycles. The van der Waals surface area contributed by atoms with Gasteiger partial charge in [-0.3, -0.25) is 9.78 Å². The highest BCUT2D eigenvalue weighted by atomic mass is 16.5. The Morgan fingerprint density at radius 1 is 1.19 bits per heavy atom. The number of aromatic nitrogens is 5. The second-order valence-corrected chi connectivity index (χ2v) is 8.74. The van der Waals surface area contributed by atoms with Crippen LogP contribution in [0.2, 0.25) is 0 Å². The van der Waals surface area contributed by atoms with E-state index in [0.717, 1.165) is 5.56 Å². The van der Waals surface area contributed by atoms with Crippen molar-refractivity contribution in [2.24, 2.45) is 5.41 Å². The minimum absolute atomic E-state index is 0.0820. The maximum Gasteiger partial charge on any atom is 0.228 e. The van der Waals surface area contributed by atoms with Gasteiger partial charge in [-0.2, -0.15) is 0 Å². The van der Waals surface area contributed by atoms with Gasteiger partial charge in [0.2, 0.25) is 11.7 Å². The Balaban J connectivity index is 1.62. The molecule has 0 bridgehead atoms. The van der Waals surface area contributed by atoms with E-state index in [9.17, 15) is 4.79 Å². The summed E-state index contributed by atoms with van der Waals surface area (Å²) in [5.74, 6) is 1.84. The number of allylic oxidation sites excluding steroid dienone is 2. The van der Waals surface area contributed by atoms with E-state index < -0.39 is 0 Å². The molecule has 31 heavy (non-hydrogen) atoms. The van der Waals surface area contributed by atoms with Crippen LogP contribution in [0.5, 0.6) is 5.88 Å². The number of hydrogen-bond donors (Lipinski definition) is 0. The Morgan fingerprint density at radius 2 is 2.10 bits per heavy atom. The van der Waals surface area contributed by atoms with Crippen molar-refractivity contribution in [2.45, 2.75) is 32.6 Å². The average molecular weight is 413 g/mol. The number of furan rings is 1. The van der Waals surface area contributed by atoms with Gasteiger partial charge in [-0.05, 0) is 29.2 Å². The van der Waals surface area contributed by atoms with E-state index in [-0.39, 0.29) is 17.1 Å². The third kappa shape index (κ3) is 2.78. The van der Waals surface area contributed by atoms with Crippen molar-refractivity contribution in [3.8, 4) is 17.5 Å². The predicted molar refractivity (Wildman–Crippen MR) is 110 cm³/mol. The number of fused-ring (bicyclic) bond motifs is 3. The lowest BCUT2D eigenvalue weighted by molar-refractivity contribution is -0.118. The van der Waals surface area contributed by atoms with Crippen LogP contribution in [-0.4, -0.2) is 30.3 Å². The Bertz CT molecular complexity index is 1350. The molecule has 0 fully saturated rings. The number of hydrogen-bond acceptors (Lipinski definition) is 7. The van der Waals surface area contributed by atoms with Crippen molar-refractivity contribution in [1.82, 2.24) is 24.6 Å². The van der Waals surface area contributed by atoms with Gasteiger partial charge in [-0.1, -0.05) is 19.9 Å². The molecule has 8 nitrogen and oxygen atoms in total. The molecule has 1 aliphatic heterocycles. The van der Waals surface area contributed by atoms with Gasteiger partial charge in [-0.15, -0.1) is 5.10 Å². The molecule has 6 rings (SSSR count). The largest absolute Gasteiger partial charge is 0.461 e. The summed E-state index contributed by atoms with van der Waals surface area (Å²) in [6.45, 7) is 4.16. The van der Waals surface area contributed by atoms with Crippen molar-refractivity contribution in [1.29, 1.82) is 0 Å². The standard InChI is InChI=1S/C23H19N5O3/c1-23(2)9-14(29)18-16(10-23)31-22-19(17(18)13-5-3-7-24-11-13)21-26-20(15-6-4-8-30-15)27-28(21)12-25-22/h3-8,11-12,17H,9-10H2,1-2H3/t17-/m1/s1. The number of Topliss-reactive ketones (excluding diaryl/α,β-unsaturated/α-hetero) is 1. The van der Waals surface area contributed by atoms with E-state index in [2.05, 4.69) is 28.9 Å². The van der Waals surface area contributed by atoms with Gasteiger partial charge in [0.25, 0.3) is 0 Å². The van der Waals surface area contributed by atoms with Crippen molar-refractivity contribution < 1.29 is 13.9 Å². The summed E-state index contributed by atoms with van der Waals surface area (Å²) in [5, 5.41) is 4.51. The van der Waals surface area contributed by atoms with Crippen molar-refractivity contribution in [2.75, 3.05) is 0 Å². The van der Waals surface area contributed by atoms with Crippen molar-refractivity contribution in [3.05, 3.63) is 71.7 Å². The fraction of sp³-hybridized carbons (Fsp3) is 0.261. The summed E-state index contributed by atoms with van der Waals surface area (Å²) in [4.78, 5) is 26.9. The molecule has 8 heteroatoms. The first-order valence-electron chi connectivity index (χ1n) is 10.1. The molecule has 0 saturated carbocycles. The monoisotopic (exact) mass is 413 g/mol. The second kappa shape index (κ2) is 6.34. The van der Waals surface area contributed by atoms with Crippen LogP contribution in [0, 0.1) is 5.41 Å². The summed E-state index contributed by atoms with van der Waals surface area (Å²) in [5.41, 5.74) is 2.68. The first kappa shape index (κ1) is 18.0. The topological polar surface area (TPSA) is 95.4 Å². The Kier molecular flexibility index (Phi) is 3.68. The highest BCUT2D eigenvalue weighted by molar-refractivity contribution is 6.00. The molecule has 4 aromatic rings.